The van der Waals surface area contributed by atoms with Crippen molar-refractivity contribution in [2.75, 3.05) is 13.7 Å². The molecule has 10 heteroatoms. The van der Waals surface area contributed by atoms with Crippen molar-refractivity contribution in [1.29, 1.82) is 0 Å². The van der Waals surface area contributed by atoms with E-state index in [1.807, 2.05) is 55.5 Å². The van der Waals surface area contributed by atoms with E-state index < -0.39 is 17.6 Å². The highest BCUT2D eigenvalue weighted by molar-refractivity contribution is 5.95. The highest BCUT2D eigenvalue weighted by atomic mass is 19.4. The van der Waals surface area contributed by atoms with Gasteiger partial charge in [-0.05, 0) is 72.1 Å². The Morgan fingerprint density at radius 2 is 1.50 bits per heavy atom. The molecule has 0 unspecified atom stereocenters. The van der Waals surface area contributed by atoms with Crippen LogP contribution in [0.1, 0.15) is 39.5 Å². The van der Waals surface area contributed by atoms with E-state index >= 15 is 0 Å². The number of methoxy groups -OCH3 is 1. The smallest absolute Gasteiger partial charge is 0.416 e. The summed E-state index contributed by atoms with van der Waals surface area (Å²) in [5, 5.41) is 3.85. The first-order chi connectivity index (χ1) is 20.3. The first kappa shape index (κ1) is 30.0. The minimum atomic E-state index is -4.55. The summed E-state index contributed by atoms with van der Waals surface area (Å²) in [6, 6.07) is 24.6. The molecule has 1 amide bonds. The third-order valence-corrected chi connectivity index (χ3v) is 5.96. The van der Waals surface area contributed by atoms with Crippen molar-refractivity contribution in [2.24, 2.45) is 5.10 Å². The fraction of sp³-hybridized carbons (Fsp3) is 0.188. The molecule has 0 spiro atoms. The SMILES string of the molecule is CCOc1cc(COc2ccc(/C=N/NC(=O)c3cccc(C(F)(F)F)c3)cc2OC)ccc1OCc1ccccc1. The van der Waals surface area contributed by atoms with E-state index in [1.165, 1.54) is 19.4 Å². The van der Waals surface area contributed by atoms with Gasteiger partial charge >= 0.3 is 6.18 Å². The van der Waals surface area contributed by atoms with Gasteiger partial charge in [-0.1, -0.05) is 42.5 Å². The number of carbonyl (C=O) groups excluding carboxylic acids is 1. The van der Waals surface area contributed by atoms with Gasteiger partial charge in [-0.25, -0.2) is 5.43 Å². The highest BCUT2D eigenvalue weighted by Crippen LogP contribution is 2.32. The Balaban J connectivity index is 1.37. The molecule has 218 valence electrons. The van der Waals surface area contributed by atoms with Gasteiger partial charge in [0.2, 0.25) is 0 Å². The number of hydrogen-bond acceptors (Lipinski definition) is 6. The normalized spacial score (nSPS) is 11.3. The topological polar surface area (TPSA) is 78.4 Å². The van der Waals surface area contributed by atoms with Crippen LogP contribution in [0.4, 0.5) is 13.2 Å². The molecule has 0 aliphatic rings. The van der Waals surface area contributed by atoms with Gasteiger partial charge in [0.25, 0.3) is 5.91 Å². The zero-order chi connectivity index (χ0) is 30.0. The summed E-state index contributed by atoms with van der Waals surface area (Å²) >= 11 is 0. The van der Waals surface area contributed by atoms with E-state index in [1.54, 1.807) is 18.2 Å². The number of amides is 1. The number of rotatable bonds is 12. The lowest BCUT2D eigenvalue weighted by molar-refractivity contribution is -0.137. The Morgan fingerprint density at radius 3 is 2.21 bits per heavy atom. The Labute approximate surface area is 241 Å². The Hall–Kier alpha value is -4.99. The van der Waals surface area contributed by atoms with Crippen LogP contribution in [0, 0.1) is 0 Å². The number of nitrogens with zero attached hydrogens (tertiary/aromatic N) is 1. The van der Waals surface area contributed by atoms with Gasteiger partial charge in [-0.2, -0.15) is 18.3 Å². The molecule has 0 fully saturated rings. The largest absolute Gasteiger partial charge is 0.493 e. The fourth-order valence-electron chi connectivity index (χ4n) is 3.88. The van der Waals surface area contributed by atoms with E-state index in [0.717, 1.165) is 29.3 Å². The maximum atomic E-state index is 12.9. The minimum absolute atomic E-state index is 0.161. The van der Waals surface area contributed by atoms with Gasteiger partial charge in [-0.3, -0.25) is 4.79 Å². The summed E-state index contributed by atoms with van der Waals surface area (Å²) in [5.74, 6) is 1.37. The molecule has 0 heterocycles. The number of hydrazone groups is 1. The van der Waals surface area contributed by atoms with Crippen LogP contribution in [0.3, 0.4) is 0 Å². The van der Waals surface area contributed by atoms with Crippen molar-refractivity contribution in [1.82, 2.24) is 5.43 Å². The van der Waals surface area contributed by atoms with Crippen LogP contribution in [-0.4, -0.2) is 25.8 Å². The Kier molecular flexibility index (Phi) is 10.0. The van der Waals surface area contributed by atoms with Gasteiger partial charge in [-0.15, -0.1) is 0 Å². The van der Waals surface area contributed by atoms with Crippen molar-refractivity contribution >= 4 is 12.1 Å². The summed E-state index contributed by atoms with van der Waals surface area (Å²) in [7, 11) is 1.49. The molecule has 0 aliphatic carbocycles. The number of carbonyl (C=O) groups is 1. The minimum Gasteiger partial charge on any atom is -0.493 e. The van der Waals surface area contributed by atoms with Crippen molar-refractivity contribution in [3.05, 3.63) is 119 Å². The molecule has 4 aromatic carbocycles. The maximum absolute atomic E-state index is 12.9. The van der Waals surface area contributed by atoms with E-state index in [2.05, 4.69) is 10.5 Å². The van der Waals surface area contributed by atoms with Gasteiger partial charge in [0.15, 0.2) is 23.0 Å². The third-order valence-electron chi connectivity index (χ3n) is 5.96. The second-order valence-electron chi connectivity index (χ2n) is 8.97. The predicted molar refractivity (Wildman–Crippen MR) is 152 cm³/mol. The van der Waals surface area contributed by atoms with Crippen molar-refractivity contribution in [3.8, 4) is 23.0 Å². The predicted octanol–water partition coefficient (Wildman–Crippen LogP) is 7.03. The zero-order valence-corrected chi connectivity index (χ0v) is 23.0. The molecule has 0 bridgehead atoms. The molecule has 0 saturated carbocycles. The van der Waals surface area contributed by atoms with Crippen LogP contribution >= 0.6 is 0 Å². The van der Waals surface area contributed by atoms with Gasteiger partial charge in [0, 0.05) is 5.56 Å². The summed E-state index contributed by atoms with van der Waals surface area (Å²) in [6.07, 6.45) is -3.20. The summed E-state index contributed by atoms with van der Waals surface area (Å²) in [5.41, 5.74) is 3.63. The number of benzene rings is 4. The van der Waals surface area contributed by atoms with E-state index in [4.69, 9.17) is 18.9 Å². The second kappa shape index (κ2) is 14.1. The van der Waals surface area contributed by atoms with Crippen LogP contribution in [0.5, 0.6) is 23.0 Å². The third kappa shape index (κ3) is 8.26. The quantitative estimate of drug-likeness (QED) is 0.144. The molecule has 0 atom stereocenters. The fourth-order valence-corrected chi connectivity index (χ4v) is 3.88. The lowest BCUT2D eigenvalue weighted by Crippen LogP contribution is -2.18. The summed E-state index contributed by atoms with van der Waals surface area (Å²) in [4.78, 5) is 12.2. The molecular formula is C32H29F3N2O5. The first-order valence-corrected chi connectivity index (χ1v) is 13.0. The van der Waals surface area contributed by atoms with Crippen molar-refractivity contribution in [2.45, 2.75) is 26.3 Å². The number of halogens is 3. The van der Waals surface area contributed by atoms with Crippen LogP contribution in [0.25, 0.3) is 0 Å². The molecule has 0 aliphatic heterocycles. The molecule has 0 saturated heterocycles. The number of nitrogens with one attached hydrogen (secondary N) is 1. The maximum Gasteiger partial charge on any atom is 0.416 e. The average Bonchev–Trinajstić information content (AvgIpc) is 3.00. The van der Waals surface area contributed by atoms with E-state index in [9.17, 15) is 18.0 Å². The molecule has 0 aromatic heterocycles. The van der Waals surface area contributed by atoms with Crippen LogP contribution in [0.2, 0.25) is 0 Å². The molecule has 4 rings (SSSR count). The number of ether oxygens (including phenoxy) is 4. The van der Waals surface area contributed by atoms with Crippen molar-refractivity contribution in [3.63, 3.8) is 0 Å². The molecule has 42 heavy (non-hydrogen) atoms. The second-order valence-corrected chi connectivity index (χ2v) is 8.97. The average molecular weight is 579 g/mol. The molecule has 4 aromatic rings. The molecule has 7 nitrogen and oxygen atoms in total. The van der Waals surface area contributed by atoms with Crippen molar-refractivity contribution < 1.29 is 36.9 Å². The molecule has 0 radical (unpaired) electrons. The molecule has 1 N–H and O–H groups in total. The standard InChI is InChI=1S/C32H29F3N2O5/c1-3-40-30-17-24(13-15-28(30)41-20-22-8-5-4-6-9-22)21-42-27-14-12-23(16-29(27)39-2)19-36-37-31(38)25-10-7-11-26(18-25)32(33,34)35/h4-19H,3,20-21H2,1-2H3,(H,37,38)/b36-19+. The highest BCUT2D eigenvalue weighted by Gasteiger charge is 2.30. The lowest BCUT2D eigenvalue weighted by Gasteiger charge is -2.15. The monoisotopic (exact) mass is 578 g/mol. The number of alkyl halides is 3. The van der Waals surface area contributed by atoms with E-state index in [-0.39, 0.29) is 12.2 Å². The Bertz CT molecular complexity index is 1520. The Morgan fingerprint density at radius 1 is 0.786 bits per heavy atom. The first-order valence-electron chi connectivity index (χ1n) is 13.0. The van der Waals surface area contributed by atoms with Crippen LogP contribution in [-0.2, 0) is 19.4 Å². The van der Waals surface area contributed by atoms with Gasteiger partial charge in [0.1, 0.15) is 13.2 Å². The summed E-state index contributed by atoms with van der Waals surface area (Å²) < 4.78 is 61.9. The van der Waals surface area contributed by atoms with E-state index in [0.29, 0.717) is 41.8 Å². The lowest BCUT2D eigenvalue weighted by atomic mass is 10.1. The van der Waals surface area contributed by atoms with Crippen LogP contribution in [0.15, 0.2) is 96.1 Å². The molecular weight excluding hydrogens is 549 g/mol. The summed E-state index contributed by atoms with van der Waals surface area (Å²) in [6.45, 7) is 3.02. The van der Waals surface area contributed by atoms with Crippen LogP contribution < -0.4 is 24.4 Å². The van der Waals surface area contributed by atoms with Gasteiger partial charge < -0.3 is 18.9 Å². The van der Waals surface area contributed by atoms with Gasteiger partial charge in [0.05, 0.1) is 25.5 Å². The zero-order valence-electron chi connectivity index (χ0n) is 23.0. The number of hydrogen-bond donors (Lipinski definition) is 1.